The third-order valence-electron chi connectivity index (χ3n) is 2.92. The highest BCUT2D eigenvalue weighted by molar-refractivity contribution is 7.84. The SMILES string of the molecule is CCOc1ccc(N)c(S(=O)Cc2cccc(C)c2)c1. The molecule has 2 N–H and O–H groups in total. The van der Waals surface area contributed by atoms with Crippen LogP contribution < -0.4 is 10.5 Å². The third kappa shape index (κ3) is 3.61. The van der Waals surface area contributed by atoms with Gasteiger partial charge in [-0.1, -0.05) is 29.8 Å². The van der Waals surface area contributed by atoms with Crippen molar-refractivity contribution in [1.29, 1.82) is 0 Å². The average Bonchev–Trinajstić information content (AvgIpc) is 2.41. The molecule has 0 radical (unpaired) electrons. The Hall–Kier alpha value is -1.81. The first-order valence-corrected chi connectivity index (χ1v) is 7.88. The van der Waals surface area contributed by atoms with Crippen molar-refractivity contribution in [2.75, 3.05) is 12.3 Å². The Morgan fingerprint density at radius 2 is 2.00 bits per heavy atom. The first-order valence-electron chi connectivity index (χ1n) is 6.56. The number of hydrogen-bond donors (Lipinski definition) is 1. The van der Waals surface area contributed by atoms with Crippen LogP contribution in [0, 0.1) is 6.92 Å². The van der Waals surface area contributed by atoms with Crippen molar-refractivity contribution >= 4 is 16.5 Å². The summed E-state index contributed by atoms with van der Waals surface area (Å²) in [6, 6.07) is 13.3. The van der Waals surface area contributed by atoms with E-state index in [4.69, 9.17) is 10.5 Å². The molecule has 0 heterocycles. The van der Waals surface area contributed by atoms with Crippen LogP contribution in [0.3, 0.4) is 0 Å². The Bertz CT molecular complexity index is 626. The van der Waals surface area contributed by atoms with E-state index in [0.29, 0.717) is 28.7 Å². The molecule has 0 saturated heterocycles. The van der Waals surface area contributed by atoms with Gasteiger partial charge in [-0.25, -0.2) is 0 Å². The molecule has 0 aliphatic carbocycles. The minimum absolute atomic E-state index is 0.460. The number of nitrogen functional groups attached to an aromatic ring is 1. The van der Waals surface area contributed by atoms with Gasteiger partial charge in [0.1, 0.15) is 5.75 Å². The molecule has 1 atom stereocenters. The number of anilines is 1. The lowest BCUT2D eigenvalue weighted by Gasteiger charge is -2.09. The third-order valence-corrected chi connectivity index (χ3v) is 4.36. The topological polar surface area (TPSA) is 52.3 Å². The molecule has 0 aromatic heterocycles. The molecule has 20 heavy (non-hydrogen) atoms. The second-order valence-corrected chi connectivity index (χ2v) is 6.03. The summed E-state index contributed by atoms with van der Waals surface area (Å²) in [6.45, 7) is 4.52. The first kappa shape index (κ1) is 14.6. The van der Waals surface area contributed by atoms with E-state index in [0.717, 1.165) is 11.1 Å². The zero-order valence-corrected chi connectivity index (χ0v) is 12.6. The minimum Gasteiger partial charge on any atom is -0.494 e. The van der Waals surface area contributed by atoms with Crippen molar-refractivity contribution in [3.05, 3.63) is 53.6 Å². The molecule has 4 heteroatoms. The molecule has 0 bridgehead atoms. The molecular weight excluding hydrogens is 270 g/mol. The monoisotopic (exact) mass is 289 g/mol. The minimum atomic E-state index is -1.17. The summed E-state index contributed by atoms with van der Waals surface area (Å²) >= 11 is 0. The van der Waals surface area contributed by atoms with Crippen molar-refractivity contribution in [3.63, 3.8) is 0 Å². The fraction of sp³-hybridized carbons (Fsp3) is 0.250. The number of rotatable bonds is 5. The van der Waals surface area contributed by atoms with Gasteiger partial charge in [-0.15, -0.1) is 0 Å². The first-order chi connectivity index (χ1) is 9.60. The van der Waals surface area contributed by atoms with Gasteiger partial charge in [0.05, 0.1) is 28.1 Å². The summed E-state index contributed by atoms with van der Waals surface area (Å²) in [4.78, 5) is 0.637. The van der Waals surface area contributed by atoms with E-state index in [1.807, 2.05) is 38.1 Å². The van der Waals surface area contributed by atoms with E-state index in [-0.39, 0.29) is 0 Å². The molecule has 2 aromatic carbocycles. The number of nitrogens with two attached hydrogens (primary N) is 1. The second kappa shape index (κ2) is 6.57. The van der Waals surface area contributed by atoms with Gasteiger partial charge in [0.15, 0.2) is 0 Å². The van der Waals surface area contributed by atoms with Crippen molar-refractivity contribution in [1.82, 2.24) is 0 Å². The maximum Gasteiger partial charge on any atom is 0.120 e. The van der Waals surface area contributed by atoms with Gasteiger partial charge in [-0.2, -0.15) is 0 Å². The van der Waals surface area contributed by atoms with Gasteiger partial charge in [-0.05, 0) is 37.6 Å². The van der Waals surface area contributed by atoms with Gasteiger partial charge in [0.25, 0.3) is 0 Å². The molecule has 106 valence electrons. The van der Waals surface area contributed by atoms with Crippen LogP contribution in [0.2, 0.25) is 0 Å². The predicted octanol–water partition coefficient (Wildman–Crippen LogP) is 3.28. The highest BCUT2D eigenvalue weighted by Gasteiger charge is 2.10. The highest BCUT2D eigenvalue weighted by Crippen LogP contribution is 2.24. The Morgan fingerprint density at radius 3 is 2.70 bits per heavy atom. The molecule has 0 spiro atoms. The lowest BCUT2D eigenvalue weighted by Crippen LogP contribution is -2.02. The molecule has 0 aliphatic heterocycles. The molecule has 3 nitrogen and oxygen atoms in total. The second-order valence-electron chi connectivity index (χ2n) is 4.61. The van der Waals surface area contributed by atoms with Crippen LogP contribution in [0.25, 0.3) is 0 Å². The summed E-state index contributed by atoms with van der Waals surface area (Å²) in [5.74, 6) is 1.16. The lowest BCUT2D eigenvalue weighted by molar-refractivity contribution is 0.339. The molecule has 0 fully saturated rings. The summed E-state index contributed by atoms with van der Waals surface area (Å²) in [6.07, 6.45) is 0. The van der Waals surface area contributed by atoms with Gasteiger partial charge in [0, 0.05) is 5.69 Å². The fourth-order valence-electron chi connectivity index (χ4n) is 2.00. The van der Waals surface area contributed by atoms with Crippen LogP contribution in [0.1, 0.15) is 18.1 Å². The summed E-state index contributed by atoms with van der Waals surface area (Å²) in [7, 11) is -1.17. The zero-order valence-electron chi connectivity index (χ0n) is 11.8. The van der Waals surface area contributed by atoms with E-state index >= 15 is 0 Å². The predicted molar refractivity (Wildman–Crippen MR) is 83.3 cm³/mol. The van der Waals surface area contributed by atoms with E-state index in [2.05, 4.69) is 0 Å². The van der Waals surface area contributed by atoms with Gasteiger partial charge in [0.2, 0.25) is 0 Å². The largest absolute Gasteiger partial charge is 0.494 e. The average molecular weight is 289 g/mol. The van der Waals surface area contributed by atoms with Crippen molar-refractivity contribution in [2.24, 2.45) is 0 Å². The fourth-order valence-corrected chi connectivity index (χ4v) is 3.22. The van der Waals surface area contributed by atoms with Gasteiger partial charge >= 0.3 is 0 Å². The maximum absolute atomic E-state index is 12.5. The quantitative estimate of drug-likeness (QED) is 0.859. The Labute approximate surface area is 122 Å². The summed E-state index contributed by atoms with van der Waals surface area (Å²) in [5.41, 5.74) is 8.67. The van der Waals surface area contributed by atoms with E-state index in [1.165, 1.54) is 0 Å². The highest BCUT2D eigenvalue weighted by atomic mass is 32.2. The van der Waals surface area contributed by atoms with Crippen molar-refractivity contribution in [3.8, 4) is 5.75 Å². The van der Waals surface area contributed by atoms with Crippen LogP contribution in [0.4, 0.5) is 5.69 Å². The van der Waals surface area contributed by atoms with Crippen molar-refractivity contribution < 1.29 is 8.95 Å². The normalized spacial score (nSPS) is 12.1. The molecule has 2 rings (SSSR count). The molecule has 0 saturated carbocycles. The molecular formula is C16H19NO2S. The van der Waals surface area contributed by atoms with E-state index < -0.39 is 10.8 Å². The molecule has 0 aliphatic rings. The Morgan fingerprint density at radius 1 is 1.20 bits per heavy atom. The van der Waals surface area contributed by atoms with E-state index in [1.54, 1.807) is 18.2 Å². The zero-order chi connectivity index (χ0) is 14.5. The Kier molecular flexibility index (Phi) is 4.79. The van der Waals surface area contributed by atoms with Crippen LogP contribution in [0.15, 0.2) is 47.4 Å². The van der Waals surface area contributed by atoms with Crippen LogP contribution in [-0.4, -0.2) is 10.8 Å². The Balaban J connectivity index is 2.22. The molecule has 2 aromatic rings. The lowest BCUT2D eigenvalue weighted by atomic mass is 10.2. The van der Waals surface area contributed by atoms with Crippen LogP contribution >= 0.6 is 0 Å². The standard InChI is InChI=1S/C16H19NO2S/c1-3-19-14-7-8-15(17)16(10-14)20(18)11-13-6-4-5-12(2)9-13/h4-10H,3,11,17H2,1-2H3. The number of aryl methyl sites for hydroxylation is 1. The summed E-state index contributed by atoms with van der Waals surface area (Å²) in [5, 5.41) is 0. The van der Waals surface area contributed by atoms with Crippen LogP contribution in [-0.2, 0) is 16.6 Å². The van der Waals surface area contributed by atoms with Crippen LogP contribution in [0.5, 0.6) is 5.75 Å². The van der Waals surface area contributed by atoms with Crippen molar-refractivity contribution in [2.45, 2.75) is 24.5 Å². The maximum atomic E-state index is 12.5. The molecule has 0 amide bonds. The number of ether oxygens (including phenoxy) is 1. The van der Waals surface area contributed by atoms with Gasteiger partial charge < -0.3 is 10.5 Å². The number of hydrogen-bond acceptors (Lipinski definition) is 3. The summed E-state index contributed by atoms with van der Waals surface area (Å²) < 4.78 is 17.9. The smallest absolute Gasteiger partial charge is 0.120 e. The van der Waals surface area contributed by atoms with Gasteiger partial charge in [-0.3, -0.25) is 4.21 Å². The molecule has 1 unspecified atom stereocenters. The van der Waals surface area contributed by atoms with E-state index in [9.17, 15) is 4.21 Å². The number of benzene rings is 2.